The van der Waals surface area contributed by atoms with Crippen molar-refractivity contribution in [1.29, 1.82) is 0 Å². The second-order valence-corrected chi connectivity index (χ2v) is 16.2. The second kappa shape index (κ2) is 14.4. The van der Waals surface area contributed by atoms with Gasteiger partial charge >= 0.3 is 0 Å². The molecule has 54 heavy (non-hydrogen) atoms. The van der Waals surface area contributed by atoms with Crippen molar-refractivity contribution in [3.05, 3.63) is 96.6 Å². The number of anilines is 1. The summed E-state index contributed by atoms with van der Waals surface area (Å²) in [5.74, 6) is -0.550. The highest BCUT2D eigenvalue weighted by molar-refractivity contribution is 7.94. The lowest BCUT2D eigenvalue weighted by Crippen LogP contribution is -2.03. The number of fused-ring (bicyclic) bond motifs is 3. The molecular formula is C34H24N6O10S4. The predicted molar refractivity (Wildman–Crippen MR) is 202 cm³/mol. The van der Waals surface area contributed by atoms with E-state index in [9.17, 15) is 31.0 Å². The molecule has 0 saturated carbocycles. The van der Waals surface area contributed by atoms with Crippen molar-refractivity contribution < 1.29 is 45.7 Å². The number of hydrogen-bond donors (Lipinski definition) is 5. The first-order valence-electron chi connectivity index (χ1n) is 15.3. The van der Waals surface area contributed by atoms with E-state index in [1.807, 2.05) is 31.2 Å². The van der Waals surface area contributed by atoms with Crippen LogP contribution in [0.3, 0.4) is 0 Å². The first-order valence-corrected chi connectivity index (χ1v) is 19.7. The smallest absolute Gasteiger partial charge is 0.296 e. The Labute approximate surface area is 313 Å². The first kappa shape index (κ1) is 36.9. The van der Waals surface area contributed by atoms with Crippen LogP contribution in [0.25, 0.3) is 42.3 Å². The Hall–Kier alpha value is -5.42. The molecule has 7 aromatic rings. The molecular weight excluding hydrogens is 781 g/mol. The molecule has 0 atom stereocenters. The number of azo groups is 2. The van der Waals surface area contributed by atoms with Gasteiger partial charge in [0, 0.05) is 21.7 Å². The molecule has 0 aliphatic rings. The van der Waals surface area contributed by atoms with Crippen LogP contribution in [0.15, 0.2) is 126 Å². The van der Waals surface area contributed by atoms with E-state index in [4.69, 9.17) is 16.0 Å². The van der Waals surface area contributed by atoms with Crippen LogP contribution in [-0.2, 0) is 29.6 Å². The number of aromatic hydroxyl groups is 1. The molecule has 0 amide bonds. The molecule has 0 saturated heterocycles. The summed E-state index contributed by atoms with van der Waals surface area (Å²) in [6.45, 7) is 2.03. The Morgan fingerprint density at radius 3 is 2.20 bits per heavy atom. The van der Waals surface area contributed by atoms with Crippen LogP contribution < -0.4 is 5.73 Å². The van der Waals surface area contributed by atoms with E-state index < -0.39 is 35.8 Å². The van der Waals surface area contributed by atoms with Crippen molar-refractivity contribution in [3.8, 4) is 16.3 Å². The molecule has 7 rings (SSSR count). The Kier molecular flexibility index (Phi) is 9.87. The van der Waals surface area contributed by atoms with Gasteiger partial charge in [0.1, 0.15) is 15.6 Å². The summed E-state index contributed by atoms with van der Waals surface area (Å²) < 4.78 is 72.8. The summed E-state index contributed by atoms with van der Waals surface area (Å²) in [5.41, 5.74) is 9.10. The normalized spacial score (nSPS) is 12.6. The summed E-state index contributed by atoms with van der Waals surface area (Å²) in [6, 6.07) is 23.6. The van der Waals surface area contributed by atoms with Crippen LogP contribution in [0.1, 0.15) is 5.56 Å². The lowest BCUT2D eigenvalue weighted by atomic mass is 10.1. The number of phenolic OH excluding ortho intramolecular Hbond substituents is 1. The molecule has 1 aromatic heterocycles. The highest BCUT2D eigenvalue weighted by Crippen LogP contribution is 2.46. The van der Waals surface area contributed by atoms with Gasteiger partial charge in [-0.2, -0.15) is 21.9 Å². The van der Waals surface area contributed by atoms with Gasteiger partial charge in [-0.15, -0.1) is 31.0 Å². The molecule has 274 valence electrons. The molecule has 0 spiro atoms. The number of phenols is 1. The van der Waals surface area contributed by atoms with Gasteiger partial charge in [0.25, 0.3) is 20.2 Å². The molecule has 0 bridgehead atoms. The third kappa shape index (κ3) is 7.50. The van der Waals surface area contributed by atoms with Gasteiger partial charge in [-0.3, -0.25) is 9.11 Å². The molecule has 0 aliphatic carbocycles. The average molecular weight is 805 g/mol. The molecule has 1 heterocycles. The van der Waals surface area contributed by atoms with Crippen LogP contribution in [0.5, 0.6) is 5.75 Å². The van der Waals surface area contributed by atoms with Gasteiger partial charge in [-0.25, -0.2) is 10.2 Å². The van der Waals surface area contributed by atoms with Crippen molar-refractivity contribution in [1.82, 2.24) is 4.98 Å². The molecule has 16 nitrogen and oxygen atoms in total. The molecule has 6 N–H and O–H groups in total. The van der Waals surface area contributed by atoms with Crippen LogP contribution in [0.2, 0.25) is 0 Å². The number of nitrogens with zero attached hydrogens (tertiary/aromatic N) is 5. The van der Waals surface area contributed by atoms with Gasteiger partial charge in [0.05, 0.1) is 54.8 Å². The Morgan fingerprint density at radius 1 is 0.778 bits per heavy atom. The first-order chi connectivity index (χ1) is 25.7. The summed E-state index contributed by atoms with van der Waals surface area (Å²) in [6.07, 6.45) is 0. The predicted octanol–water partition coefficient (Wildman–Crippen LogP) is 9.62. The third-order valence-corrected chi connectivity index (χ3v) is 11.5. The van der Waals surface area contributed by atoms with E-state index in [0.29, 0.717) is 28.8 Å². The highest BCUT2D eigenvalue weighted by Gasteiger charge is 2.21. The number of aromatic nitrogens is 1. The monoisotopic (exact) mass is 804 g/mol. The number of thiazole rings is 1. The number of aryl methyl sites for hydroxylation is 1. The van der Waals surface area contributed by atoms with Crippen LogP contribution in [0.4, 0.5) is 28.4 Å². The van der Waals surface area contributed by atoms with E-state index in [1.165, 1.54) is 30.3 Å². The minimum atomic E-state index is -4.73. The maximum atomic E-state index is 12.1. The number of nitrogen functional groups attached to an aromatic ring is 1. The van der Waals surface area contributed by atoms with Crippen molar-refractivity contribution in [3.63, 3.8) is 0 Å². The maximum Gasteiger partial charge on any atom is 0.296 e. The van der Waals surface area contributed by atoms with Gasteiger partial charge in [0.15, 0.2) is 5.75 Å². The van der Waals surface area contributed by atoms with E-state index >= 15 is 0 Å². The largest absolute Gasteiger partial charge is 0.505 e. The van der Waals surface area contributed by atoms with E-state index in [-0.39, 0.29) is 38.1 Å². The molecule has 0 aliphatic heterocycles. The van der Waals surface area contributed by atoms with Crippen molar-refractivity contribution in [2.24, 2.45) is 20.5 Å². The summed E-state index contributed by atoms with van der Waals surface area (Å²) in [7, 11) is -9.38. The Bertz CT molecular complexity index is 2920. The zero-order chi connectivity index (χ0) is 38.4. The zero-order valence-corrected chi connectivity index (χ0v) is 30.6. The number of hydrogen-bond acceptors (Lipinski definition) is 16. The topological polar surface area (TPSA) is 256 Å². The van der Waals surface area contributed by atoms with Gasteiger partial charge < -0.3 is 10.8 Å². The molecule has 0 unspecified atom stereocenters. The van der Waals surface area contributed by atoms with Gasteiger partial charge in [-0.05, 0) is 96.7 Å². The standard InChI is InChI=1S/C34H24N6O10S4/c1-17-2-9-28-29(12-17)51-34(36-28)18-3-5-20(6-4-18)37-38-26-10-11-27(24-15-21(53(43,44)45)7-8-22(24)26)39-40-32-30(52-50-49-42)13-19-14-31(54(46,47)48)25(35)16-23(19)33(32)41/h2-16,41-42H,35H2,1H3,(H,43,44,45)(H,46,47,48). The Balaban J connectivity index is 1.27. The third-order valence-electron chi connectivity index (χ3n) is 8.04. The van der Waals surface area contributed by atoms with Crippen LogP contribution >= 0.6 is 23.4 Å². The lowest BCUT2D eigenvalue weighted by molar-refractivity contribution is -0.432. The molecule has 6 aromatic carbocycles. The summed E-state index contributed by atoms with van der Waals surface area (Å²) in [4.78, 5) is 3.62. The lowest BCUT2D eigenvalue weighted by Gasteiger charge is -2.11. The fourth-order valence-corrected chi connectivity index (χ4v) is 8.20. The average Bonchev–Trinajstić information content (AvgIpc) is 3.55. The zero-order valence-electron chi connectivity index (χ0n) is 27.3. The van der Waals surface area contributed by atoms with Crippen molar-refractivity contribution >= 4 is 104 Å². The van der Waals surface area contributed by atoms with Crippen molar-refractivity contribution in [2.45, 2.75) is 21.6 Å². The fourth-order valence-electron chi connectivity index (χ4n) is 5.50. The Morgan fingerprint density at radius 2 is 1.50 bits per heavy atom. The number of nitrogens with two attached hydrogens (primary N) is 1. The highest BCUT2D eigenvalue weighted by atomic mass is 32.2. The quantitative estimate of drug-likeness (QED) is 0.0216. The van der Waals surface area contributed by atoms with Crippen LogP contribution in [-0.4, -0.2) is 41.3 Å². The van der Waals surface area contributed by atoms with E-state index in [2.05, 4.69) is 35.9 Å². The molecule has 20 heteroatoms. The SMILES string of the molecule is Cc1ccc2nc(-c3ccc(N=Nc4ccc(N=Nc5c(SOOO)cc6cc(S(=O)(=O)O)c(N)cc6c5O)c5cc(S(=O)(=O)O)ccc45)cc3)sc2c1. The summed E-state index contributed by atoms with van der Waals surface area (Å²) >= 11 is 1.96. The molecule has 0 radical (unpaired) electrons. The maximum absolute atomic E-state index is 12.1. The minimum Gasteiger partial charge on any atom is -0.505 e. The fraction of sp³-hybridized carbons (Fsp3) is 0.0294. The van der Waals surface area contributed by atoms with Crippen LogP contribution in [0, 0.1) is 6.92 Å². The minimum absolute atomic E-state index is 0.0144. The number of benzene rings is 6. The van der Waals surface area contributed by atoms with E-state index in [1.54, 1.807) is 29.5 Å². The van der Waals surface area contributed by atoms with E-state index in [0.717, 1.165) is 38.5 Å². The van der Waals surface area contributed by atoms with Gasteiger partial charge in [-0.1, -0.05) is 17.2 Å². The number of rotatable bonds is 10. The summed E-state index contributed by atoms with van der Waals surface area (Å²) in [5, 5.41) is 42.3. The van der Waals surface area contributed by atoms with Gasteiger partial charge in [0.2, 0.25) is 0 Å². The molecule has 0 fully saturated rings. The second-order valence-electron chi connectivity index (χ2n) is 11.6. The van der Waals surface area contributed by atoms with Crippen molar-refractivity contribution in [2.75, 3.05) is 5.73 Å².